The van der Waals surface area contributed by atoms with Gasteiger partial charge in [-0.15, -0.1) is 0 Å². The van der Waals surface area contributed by atoms with Crippen LogP contribution in [-0.4, -0.2) is 53.9 Å². The van der Waals surface area contributed by atoms with Gasteiger partial charge in [0.25, 0.3) is 0 Å². The number of hydrogen-bond donors (Lipinski definition) is 0. The zero-order chi connectivity index (χ0) is 16.2. The van der Waals surface area contributed by atoms with E-state index in [2.05, 4.69) is 6.58 Å². The topological polar surface area (TPSA) is 49.9 Å². The molecule has 1 fully saturated rings. The van der Waals surface area contributed by atoms with Crippen molar-refractivity contribution < 1.29 is 14.3 Å². The van der Waals surface area contributed by atoms with Crippen LogP contribution in [0.2, 0.25) is 0 Å². The van der Waals surface area contributed by atoms with Gasteiger partial charge < -0.3 is 14.5 Å². The average Bonchev–Trinajstić information content (AvgIpc) is 3.11. The molecule has 0 radical (unpaired) electrons. The Hall–Kier alpha value is -2.40. The second-order valence-electron chi connectivity index (χ2n) is 5.62. The maximum absolute atomic E-state index is 12.8. The summed E-state index contributed by atoms with van der Waals surface area (Å²) in [6.07, 6.45) is 4.76. The smallest absolute Gasteiger partial charge is 0.249 e. The summed E-state index contributed by atoms with van der Waals surface area (Å²) in [5.74, 6) is -0.278. The second-order valence-corrected chi connectivity index (χ2v) is 5.62. The number of nitrogens with zero attached hydrogens (tertiary/aromatic N) is 2. The van der Waals surface area contributed by atoms with Gasteiger partial charge in [-0.1, -0.05) is 49.1 Å². The molecule has 2 amide bonds. The molecule has 3 rings (SSSR count). The molecule has 23 heavy (non-hydrogen) atoms. The second kappa shape index (κ2) is 6.79. The first-order valence-electron chi connectivity index (χ1n) is 7.75. The van der Waals surface area contributed by atoms with E-state index in [4.69, 9.17) is 4.74 Å². The minimum atomic E-state index is -0.532. The molecule has 5 nitrogen and oxygen atoms in total. The fraction of sp³-hybridized carbons (Fsp3) is 0.333. The summed E-state index contributed by atoms with van der Waals surface area (Å²) >= 11 is 0. The molecule has 0 N–H and O–H groups in total. The average molecular weight is 312 g/mol. The first-order chi connectivity index (χ1) is 11.2. The van der Waals surface area contributed by atoms with Crippen molar-refractivity contribution in [1.29, 1.82) is 0 Å². The van der Waals surface area contributed by atoms with E-state index in [0.29, 0.717) is 26.2 Å². The van der Waals surface area contributed by atoms with E-state index < -0.39 is 6.04 Å². The Morgan fingerprint density at radius 2 is 2.04 bits per heavy atom. The van der Waals surface area contributed by atoms with Gasteiger partial charge in [0, 0.05) is 13.1 Å². The van der Waals surface area contributed by atoms with Crippen molar-refractivity contribution in [1.82, 2.24) is 9.80 Å². The van der Waals surface area contributed by atoms with Crippen molar-refractivity contribution in [2.24, 2.45) is 0 Å². The molecule has 0 aromatic heterocycles. The predicted octanol–water partition coefficient (Wildman–Crippen LogP) is 1.54. The maximum atomic E-state index is 12.8. The van der Waals surface area contributed by atoms with E-state index in [1.54, 1.807) is 11.0 Å². The summed E-state index contributed by atoms with van der Waals surface area (Å²) in [6.45, 7) is 5.50. The van der Waals surface area contributed by atoms with Gasteiger partial charge in [-0.2, -0.15) is 0 Å². The molecule has 1 unspecified atom stereocenters. The summed E-state index contributed by atoms with van der Waals surface area (Å²) in [4.78, 5) is 28.0. The lowest BCUT2D eigenvalue weighted by Gasteiger charge is -2.36. The van der Waals surface area contributed by atoms with Crippen molar-refractivity contribution in [3.05, 3.63) is 60.7 Å². The van der Waals surface area contributed by atoms with Crippen LogP contribution in [0.3, 0.4) is 0 Å². The Kier molecular flexibility index (Phi) is 4.57. The Morgan fingerprint density at radius 1 is 1.26 bits per heavy atom. The van der Waals surface area contributed by atoms with Crippen LogP contribution in [-0.2, 0) is 14.3 Å². The van der Waals surface area contributed by atoms with Crippen molar-refractivity contribution in [3.63, 3.8) is 0 Å². The lowest BCUT2D eigenvalue weighted by Crippen LogP contribution is -2.51. The Balaban J connectivity index is 1.71. The molecule has 0 aliphatic carbocycles. The SMILES string of the molecule is C=CC(=O)N1CC=C[C@H]1C(=O)N1CCOC(c2ccccc2)C1. The van der Waals surface area contributed by atoms with Gasteiger partial charge in [0.2, 0.25) is 11.8 Å². The van der Waals surface area contributed by atoms with Gasteiger partial charge in [-0.05, 0) is 11.6 Å². The molecular formula is C18H20N2O3. The molecule has 0 spiro atoms. The molecule has 0 saturated carbocycles. The fourth-order valence-electron chi connectivity index (χ4n) is 2.99. The highest BCUT2D eigenvalue weighted by molar-refractivity contribution is 5.94. The summed E-state index contributed by atoms with van der Waals surface area (Å²) in [7, 11) is 0. The van der Waals surface area contributed by atoms with Crippen LogP contribution in [0.4, 0.5) is 0 Å². The van der Waals surface area contributed by atoms with E-state index in [0.717, 1.165) is 5.56 Å². The molecule has 120 valence electrons. The largest absolute Gasteiger partial charge is 0.370 e. The Labute approximate surface area is 135 Å². The maximum Gasteiger partial charge on any atom is 0.249 e. The van der Waals surface area contributed by atoms with Gasteiger partial charge in [0.1, 0.15) is 12.1 Å². The van der Waals surface area contributed by atoms with Gasteiger partial charge in [0.05, 0.1) is 13.2 Å². The number of morpholine rings is 1. The zero-order valence-corrected chi connectivity index (χ0v) is 12.9. The molecular weight excluding hydrogens is 292 g/mol. The van der Waals surface area contributed by atoms with Crippen LogP contribution >= 0.6 is 0 Å². The van der Waals surface area contributed by atoms with Crippen LogP contribution in [0.25, 0.3) is 0 Å². The van der Waals surface area contributed by atoms with E-state index in [-0.39, 0.29) is 17.9 Å². The number of carbonyl (C=O) groups is 2. The quantitative estimate of drug-likeness (QED) is 0.628. The summed E-state index contributed by atoms with van der Waals surface area (Å²) in [5.41, 5.74) is 1.06. The molecule has 2 heterocycles. The zero-order valence-electron chi connectivity index (χ0n) is 12.9. The lowest BCUT2D eigenvalue weighted by molar-refractivity contribution is -0.146. The van der Waals surface area contributed by atoms with Crippen molar-refractivity contribution >= 4 is 11.8 Å². The number of ether oxygens (including phenoxy) is 1. The van der Waals surface area contributed by atoms with E-state index in [1.807, 2.05) is 36.4 Å². The molecule has 2 atom stereocenters. The molecule has 2 aliphatic heterocycles. The number of amides is 2. The van der Waals surface area contributed by atoms with Crippen molar-refractivity contribution in [3.8, 4) is 0 Å². The van der Waals surface area contributed by atoms with E-state index in [9.17, 15) is 9.59 Å². The Bertz CT molecular complexity index is 626. The normalized spacial score (nSPS) is 23.8. The first-order valence-corrected chi connectivity index (χ1v) is 7.75. The van der Waals surface area contributed by atoms with E-state index >= 15 is 0 Å². The fourth-order valence-corrected chi connectivity index (χ4v) is 2.99. The summed E-state index contributed by atoms with van der Waals surface area (Å²) < 4.78 is 5.79. The highest BCUT2D eigenvalue weighted by Gasteiger charge is 2.34. The van der Waals surface area contributed by atoms with E-state index in [1.165, 1.54) is 11.0 Å². The van der Waals surface area contributed by atoms with Gasteiger partial charge >= 0.3 is 0 Å². The van der Waals surface area contributed by atoms with Crippen molar-refractivity contribution in [2.75, 3.05) is 26.2 Å². The minimum absolute atomic E-state index is 0.0572. The number of carbonyl (C=O) groups excluding carboxylic acids is 2. The number of hydrogen-bond acceptors (Lipinski definition) is 3. The highest BCUT2D eigenvalue weighted by Crippen LogP contribution is 2.23. The third-order valence-corrected chi connectivity index (χ3v) is 4.22. The molecule has 0 bridgehead atoms. The molecule has 1 saturated heterocycles. The van der Waals surface area contributed by atoms with Crippen molar-refractivity contribution in [2.45, 2.75) is 12.1 Å². The minimum Gasteiger partial charge on any atom is -0.370 e. The predicted molar refractivity (Wildman–Crippen MR) is 86.6 cm³/mol. The molecule has 2 aliphatic rings. The first kappa shape index (κ1) is 15.5. The van der Waals surface area contributed by atoms with Crippen LogP contribution in [0.1, 0.15) is 11.7 Å². The third-order valence-electron chi connectivity index (χ3n) is 4.22. The van der Waals surface area contributed by atoms with Crippen LogP contribution in [0, 0.1) is 0 Å². The summed E-state index contributed by atoms with van der Waals surface area (Å²) in [6, 6.07) is 9.35. The standard InChI is InChI=1S/C18H20N2O3/c1-2-17(21)20-10-6-9-15(20)18(22)19-11-12-23-16(13-19)14-7-4-3-5-8-14/h2-9,15-16H,1,10-13H2/t15-,16?/m0/s1. The Morgan fingerprint density at radius 3 is 2.78 bits per heavy atom. The monoisotopic (exact) mass is 312 g/mol. The summed E-state index contributed by atoms with van der Waals surface area (Å²) in [5, 5.41) is 0. The van der Waals surface area contributed by atoms with Crippen LogP contribution in [0.5, 0.6) is 0 Å². The van der Waals surface area contributed by atoms with Crippen LogP contribution in [0.15, 0.2) is 55.1 Å². The van der Waals surface area contributed by atoms with Gasteiger partial charge in [-0.3, -0.25) is 9.59 Å². The number of benzene rings is 1. The van der Waals surface area contributed by atoms with Gasteiger partial charge in [0.15, 0.2) is 0 Å². The number of rotatable bonds is 3. The third kappa shape index (κ3) is 3.19. The highest BCUT2D eigenvalue weighted by atomic mass is 16.5. The molecule has 5 heteroatoms. The van der Waals surface area contributed by atoms with Gasteiger partial charge in [-0.25, -0.2) is 0 Å². The molecule has 1 aromatic rings. The van der Waals surface area contributed by atoms with Crippen LogP contribution < -0.4 is 0 Å². The lowest BCUT2D eigenvalue weighted by atomic mass is 10.1. The molecule has 1 aromatic carbocycles.